The van der Waals surface area contributed by atoms with Crippen molar-refractivity contribution in [2.45, 2.75) is 90.4 Å². The predicted octanol–water partition coefficient (Wildman–Crippen LogP) is 5.37. The summed E-state index contributed by atoms with van der Waals surface area (Å²) in [4.78, 5) is 10.3. The molecule has 0 amide bonds. The van der Waals surface area contributed by atoms with Crippen LogP contribution in [0.4, 0.5) is 0 Å². The minimum atomic E-state index is -0.661. The maximum atomic E-state index is 10.3. The third-order valence-corrected chi connectivity index (χ3v) is 3.31. The summed E-state index contributed by atoms with van der Waals surface area (Å²) >= 11 is 0. The number of unbranched alkanes of at least 4 members (excludes halogenated alkanes) is 12. The van der Waals surface area contributed by atoms with Crippen LogP contribution in [-0.4, -0.2) is 11.1 Å². The molecule has 0 aromatic carbocycles. The van der Waals surface area contributed by atoms with Gasteiger partial charge in [0.05, 0.1) is 0 Å². The maximum Gasteiger partial charge on any atom is 0.303 e. The second-order valence-corrected chi connectivity index (χ2v) is 5.19. The Balaban J connectivity index is 2.92. The lowest BCUT2D eigenvalue weighted by atomic mass is 10.0. The van der Waals surface area contributed by atoms with E-state index in [2.05, 4.69) is 13.3 Å². The summed E-state index contributed by atoms with van der Waals surface area (Å²) in [5.41, 5.74) is 0. The van der Waals surface area contributed by atoms with Crippen LogP contribution in [0.5, 0.6) is 0 Å². The lowest BCUT2D eigenvalue weighted by Crippen LogP contribution is -1.93. The van der Waals surface area contributed by atoms with E-state index < -0.39 is 5.97 Å². The van der Waals surface area contributed by atoms with Crippen LogP contribution in [0.25, 0.3) is 0 Å². The number of hydrogen-bond donors (Lipinski definition) is 1. The molecule has 0 saturated heterocycles. The fraction of sp³-hybridized carbons (Fsp3) is 0.875. The number of aliphatic carboxylic acids is 1. The molecule has 0 saturated carbocycles. The zero-order chi connectivity index (χ0) is 13.5. The van der Waals surface area contributed by atoms with Gasteiger partial charge in [0.25, 0.3) is 0 Å². The van der Waals surface area contributed by atoms with Crippen LogP contribution in [0.15, 0.2) is 0 Å². The van der Waals surface area contributed by atoms with Crippen LogP contribution in [0.1, 0.15) is 90.4 Å². The zero-order valence-corrected chi connectivity index (χ0v) is 12.1. The van der Waals surface area contributed by atoms with Gasteiger partial charge in [0, 0.05) is 6.42 Å². The van der Waals surface area contributed by atoms with Crippen molar-refractivity contribution in [1.82, 2.24) is 0 Å². The van der Waals surface area contributed by atoms with Gasteiger partial charge in [0.15, 0.2) is 0 Å². The van der Waals surface area contributed by atoms with Gasteiger partial charge in [-0.05, 0) is 12.8 Å². The molecule has 0 atom stereocenters. The molecule has 1 radical (unpaired) electrons. The highest BCUT2D eigenvalue weighted by Crippen LogP contribution is 2.12. The summed E-state index contributed by atoms with van der Waals surface area (Å²) < 4.78 is 0. The van der Waals surface area contributed by atoms with Crippen LogP contribution in [0.2, 0.25) is 0 Å². The Hall–Kier alpha value is -0.530. The van der Waals surface area contributed by atoms with Crippen LogP contribution < -0.4 is 0 Å². The van der Waals surface area contributed by atoms with E-state index in [0.717, 1.165) is 12.8 Å². The van der Waals surface area contributed by atoms with Gasteiger partial charge < -0.3 is 5.11 Å². The smallest absolute Gasteiger partial charge is 0.303 e. The zero-order valence-electron chi connectivity index (χ0n) is 12.1. The third kappa shape index (κ3) is 15.5. The molecular formula is C16H31O2. The van der Waals surface area contributed by atoms with Crippen LogP contribution in [0, 0.1) is 6.42 Å². The summed E-state index contributed by atoms with van der Waals surface area (Å²) in [6.45, 7) is 2.25. The fourth-order valence-corrected chi connectivity index (χ4v) is 2.13. The number of carbonyl (C=O) groups is 1. The largest absolute Gasteiger partial charge is 0.481 e. The molecule has 2 nitrogen and oxygen atoms in total. The molecule has 0 rings (SSSR count). The van der Waals surface area contributed by atoms with Crippen molar-refractivity contribution in [3.63, 3.8) is 0 Å². The molecule has 0 unspecified atom stereocenters. The van der Waals surface area contributed by atoms with E-state index in [0.29, 0.717) is 6.42 Å². The summed E-state index contributed by atoms with van der Waals surface area (Å²) in [6, 6.07) is 0. The van der Waals surface area contributed by atoms with E-state index >= 15 is 0 Å². The minimum absolute atomic E-state index is 0.337. The first-order valence-electron chi connectivity index (χ1n) is 7.80. The lowest BCUT2D eigenvalue weighted by Gasteiger charge is -2.02. The summed E-state index contributed by atoms with van der Waals surface area (Å²) in [7, 11) is 0. The average molecular weight is 255 g/mol. The predicted molar refractivity (Wildman–Crippen MR) is 77.6 cm³/mol. The molecule has 107 valence electrons. The highest BCUT2D eigenvalue weighted by molar-refractivity contribution is 5.66. The Kier molecular flexibility index (Phi) is 14.1. The molecule has 0 aliphatic carbocycles. The van der Waals surface area contributed by atoms with Crippen LogP contribution in [0.3, 0.4) is 0 Å². The Morgan fingerprint density at radius 3 is 1.89 bits per heavy atom. The first kappa shape index (κ1) is 17.5. The Morgan fingerprint density at radius 2 is 1.33 bits per heavy atom. The van der Waals surface area contributed by atoms with Crippen molar-refractivity contribution in [3.8, 4) is 0 Å². The van der Waals surface area contributed by atoms with E-state index in [4.69, 9.17) is 5.11 Å². The van der Waals surface area contributed by atoms with E-state index in [1.54, 1.807) is 0 Å². The molecular weight excluding hydrogens is 224 g/mol. The van der Waals surface area contributed by atoms with Gasteiger partial charge in [0.1, 0.15) is 0 Å². The van der Waals surface area contributed by atoms with E-state index in [1.807, 2.05) is 0 Å². The van der Waals surface area contributed by atoms with Crippen LogP contribution >= 0.6 is 0 Å². The van der Waals surface area contributed by atoms with Crippen LogP contribution in [-0.2, 0) is 4.79 Å². The lowest BCUT2D eigenvalue weighted by molar-refractivity contribution is -0.137. The molecule has 0 aliphatic heterocycles. The average Bonchev–Trinajstić information content (AvgIpc) is 2.34. The number of rotatable bonds is 14. The number of carboxylic acids is 1. The fourth-order valence-electron chi connectivity index (χ4n) is 2.13. The molecule has 1 N–H and O–H groups in total. The molecule has 0 fully saturated rings. The van der Waals surface area contributed by atoms with Gasteiger partial charge in [0.2, 0.25) is 0 Å². The molecule has 0 spiro atoms. The first-order valence-corrected chi connectivity index (χ1v) is 7.80. The Bertz CT molecular complexity index is 178. The van der Waals surface area contributed by atoms with E-state index in [-0.39, 0.29) is 0 Å². The Morgan fingerprint density at radius 1 is 0.833 bits per heavy atom. The highest BCUT2D eigenvalue weighted by Gasteiger charge is 1.96. The summed E-state index contributed by atoms with van der Waals surface area (Å²) in [6.07, 6.45) is 17.8. The molecule has 0 bridgehead atoms. The Labute approximate surface area is 113 Å². The molecule has 2 heteroatoms. The molecule has 0 aliphatic rings. The van der Waals surface area contributed by atoms with Crippen molar-refractivity contribution in [1.29, 1.82) is 0 Å². The van der Waals surface area contributed by atoms with Gasteiger partial charge in [-0.25, -0.2) is 0 Å². The highest BCUT2D eigenvalue weighted by atomic mass is 16.4. The second kappa shape index (κ2) is 14.5. The molecule has 0 heterocycles. The third-order valence-electron chi connectivity index (χ3n) is 3.31. The van der Waals surface area contributed by atoms with Gasteiger partial charge in [-0.3, -0.25) is 4.79 Å². The minimum Gasteiger partial charge on any atom is -0.481 e. The molecule has 0 aromatic heterocycles. The standard InChI is InChI=1S/C16H31O2/c1-2-3-4-5-6-7-8-9-10-11-12-13-14-15-16(17)18/h8H,2-7,9-15H2,1H3,(H,17,18). The first-order chi connectivity index (χ1) is 8.77. The van der Waals surface area contributed by atoms with Gasteiger partial charge in [-0.15, -0.1) is 0 Å². The quantitative estimate of drug-likeness (QED) is 0.424. The summed E-state index contributed by atoms with van der Waals surface area (Å²) in [5.74, 6) is -0.661. The van der Waals surface area contributed by atoms with Gasteiger partial charge >= 0.3 is 5.97 Å². The van der Waals surface area contributed by atoms with E-state index in [9.17, 15) is 4.79 Å². The topological polar surface area (TPSA) is 37.3 Å². The normalized spacial score (nSPS) is 10.7. The van der Waals surface area contributed by atoms with Crippen molar-refractivity contribution in [2.75, 3.05) is 0 Å². The van der Waals surface area contributed by atoms with Gasteiger partial charge in [-0.2, -0.15) is 0 Å². The van der Waals surface area contributed by atoms with Crippen molar-refractivity contribution in [2.24, 2.45) is 0 Å². The molecule has 0 aromatic rings. The number of hydrogen-bond acceptors (Lipinski definition) is 1. The maximum absolute atomic E-state index is 10.3. The number of carboxylic acid groups (broad SMARTS) is 1. The second-order valence-electron chi connectivity index (χ2n) is 5.19. The van der Waals surface area contributed by atoms with Crippen molar-refractivity contribution < 1.29 is 9.90 Å². The SMILES string of the molecule is CCCCCCC[CH]CCCCCCCC(=O)O. The monoisotopic (exact) mass is 255 g/mol. The van der Waals surface area contributed by atoms with E-state index in [1.165, 1.54) is 64.2 Å². The van der Waals surface area contributed by atoms with Crippen molar-refractivity contribution in [3.05, 3.63) is 6.42 Å². The van der Waals surface area contributed by atoms with Gasteiger partial charge in [-0.1, -0.05) is 77.6 Å². The summed E-state index contributed by atoms with van der Waals surface area (Å²) in [5, 5.41) is 8.49. The van der Waals surface area contributed by atoms with Crippen molar-refractivity contribution >= 4 is 5.97 Å². The molecule has 18 heavy (non-hydrogen) atoms.